The second kappa shape index (κ2) is 7.94. The summed E-state index contributed by atoms with van der Waals surface area (Å²) in [4.78, 5) is 8.46. The Morgan fingerprint density at radius 1 is 1.06 bits per heavy atom. The Hall–Kier alpha value is -3.83. The van der Waals surface area contributed by atoms with Gasteiger partial charge >= 0.3 is 0 Å². The number of hydrogen-bond donors (Lipinski definition) is 1. The second-order valence-electron chi connectivity index (χ2n) is 8.17. The first-order valence-corrected chi connectivity index (χ1v) is 10.4. The zero-order valence-corrected chi connectivity index (χ0v) is 17.5. The molecule has 2 aromatic carbocycles. The van der Waals surface area contributed by atoms with Crippen molar-refractivity contribution < 1.29 is 18.3 Å². The fraction of sp³-hybridized carbons (Fsp3) is 0.240. The monoisotopic (exact) mass is 446 g/mol. The van der Waals surface area contributed by atoms with E-state index in [2.05, 4.69) is 9.98 Å². The molecule has 2 aliphatic heterocycles. The topological polar surface area (TPSA) is 93.5 Å². The third-order valence-electron chi connectivity index (χ3n) is 6.02. The Kier molecular flexibility index (Phi) is 5.06. The van der Waals surface area contributed by atoms with Crippen molar-refractivity contribution in [3.8, 4) is 22.9 Å². The molecule has 166 valence electrons. The molecule has 2 aliphatic rings. The highest BCUT2D eigenvalue weighted by molar-refractivity contribution is 5.83. The van der Waals surface area contributed by atoms with Crippen LogP contribution in [0.15, 0.2) is 72.0 Å². The van der Waals surface area contributed by atoms with E-state index in [4.69, 9.17) is 15.2 Å². The highest BCUT2D eigenvalue weighted by Crippen LogP contribution is 2.55. The van der Waals surface area contributed by atoms with E-state index in [0.717, 1.165) is 5.56 Å². The molecule has 0 fully saturated rings. The van der Waals surface area contributed by atoms with Crippen LogP contribution < -0.4 is 10.5 Å². The number of alkyl halides is 2. The summed E-state index contributed by atoms with van der Waals surface area (Å²) >= 11 is 0. The van der Waals surface area contributed by atoms with E-state index in [-0.39, 0.29) is 24.4 Å². The molecule has 0 saturated heterocycles. The van der Waals surface area contributed by atoms with E-state index < -0.39 is 24.2 Å². The average Bonchev–Trinajstić information content (AvgIpc) is 2.94. The molecule has 5 rings (SSSR count). The number of nitrogens with zero attached hydrogens (tertiary/aromatic N) is 3. The van der Waals surface area contributed by atoms with Gasteiger partial charge in [-0.3, -0.25) is 9.98 Å². The lowest BCUT2D eigenvalue weighted by Crippen LogP contribution is -2.50. The maximum atomic E-state index is 15.8. The number of hydrogen-bond acceptors (Lipinski definition) is 6. The minimum atomic E-state index is -3.34. The zero-order valence-electron chi connectivity index (χ0n) is 17.5. The largest absolute Gasteiger partial charge is 0.485 e. The molecule has 1 spiro atoms. The summed E-state index contributed by atoms with van der Waals surface area (Å²) in [6, 6.07) is 18.0. The van der Waals surface area contributed by atoms with Crippen molar-refractivity contribution in [2.45, 2.75) is 24.0 Å². The summed E-state index contributed by atoms with van der Waals surface area (Å²) in [5, 5.41) is 9.21. The minimum Gasteiger partial charge on any atom is -0.485 e. The Bertz CT molecular complexity index is 1270. The fourth-order valence-electron chi connectivity index (χ4n) is 4.44. The molecule has 0 radical (unpaired) electrons. The van der Waals surface area contributed by atoms with E-state index in [1.807, 2.05) is 36.4 Å². The molecule has 3 heterocycles. The van der Waals surface area contributed by atoms with Crippen LogP contribution in [0.25, 0.3) is 11.1 Å². The lowest BCUT2D eigenvalue weighted by Gasteiger charge is -2.43. The van der Waals surface area contributed by atoms with Crippen LogP contribution in [-0.2, 0) is 10.3 Å². The van der Waals surface area contributed by atoms with Gasteiger partial charge in [-0.25, -0.2) is 8.78 Å². The number of ether oxygens (including phenoxy) is 2. The standard InChI is InChI=1S/C25H20F2N4O2/c26-25(27)15-32-14-23(29)31-24(25)10-22(17-4-2-1-3-5-17)33-21-7-6-18(9-20(21)24)19-8-16(11-28)12-30-13-19/h1-9,12-13,22H,10,14-15H2,(H2,29,31)/t22?,24-/m1/s1. The highest BCUT2D eigenvalue weighted by atomic mass is 19.3. The van der Waals surface area contributed by atoms with Gasteiger partial charge in [0.15, 0.2) is 5.54 Å². The predicted molar refractivity (Wildman–Crippen MR) is 118 cm³/mol. The maximum Gasteiger partial charge on any atom is 0.299 e. The normalized spacial score (nSPS) is 23.5. The predicted octanol–water partition coefficient (Wildman–Crippen LogP) is 4.36. The van der Waals surface area contributed by atoms with E-state index >= 15 is 8.78 Å². The number of amidine groups is 1. The third-order valence-corrected chi connectivity index (χ3v) is 6.02. The number of nitrogens with two attached hydrogens (primary N) is 1. The molecular formula is C25H20F2N4O2. The highest BCUT2D eigenvalue weighted by Gasteiger charge is 2.60. The smallest absolute Gasteiger partial charge is 0.299 e. The van der Waals surface area contributed by atoms with Crippen molar-refractivity contribution in [3.05, 3.63) is 83.7 Å². The minimum absolute atomic E-state index is 0.00499. The van der Waals surface area contributed by atoms with E-state index in [1.165, 1.54) is 6.20 Å². The molecular weight excluding hydrogens is 426 g/mol. The van der Waals surface area contributed by atoms with Crippen molar-refractivity contribution in [2.24, 2.45) is 10.7 Å². The number of benzene rings is 2. The van der Waals surface area contributed by atoms with Gasteiger partial charge in [0.05, 0.1) is 5.56 Å². The number of halogens is 2. The molecule has 0 bridgehead atoms. The lowest BCUT2D eigenvalue weighted by atomic mass is 9.75. The molecule has 8 heteroatoms. The van der Waals surface area contributed by atoms with E-state index in [9.17, 15) is 5.26 Å². The molecule has 0 saturated carbocycles. The van der Waals surface area contributed by atoms with Crippen LogP contribution in [0.3, 0.4) is 0 Å². The van der Waals surface area contributed by atoms with Gasteiger partial charge < -0.3 is 15.2 Å². The van der Waals surface area contributed by atoms with Gasteiger partial charge in [-0.2, -0.15) is 5.26 Å². The number of aromatic nitrogens is 1. The quantitative estimate of drug-likeness (QED) is 0.631. The van der Waals surface area contributed by atoms with Gasteiger partial charge in [0.2, 0.25) is 0 Å². The summed E-state index contributed by atoms with van der Waals surface area (Å²) in [6.45, 7) is -0.981. The van der Waals surface area contributed by atoms with Crippen molar-refractivity contribution in [2.75, 3.05) is 13.2 Å². The summed E-state index contributed by atoms with van der Waals surface area (Å²) in [5.41, 5.74) is 6.64. The first kappa shape index (κ1) is 21.0. The average molecular weight is 446 g/mol. The SMILES string of the molecule is N#Cc1cncc(-c2ccc3c(c2)[C@@]2(CC(c4ccccc4)O3)N=C(N)COCC2(F)F)c1. The summed E-state index contributed by atoms with van der Waals surface area (Å²) in [6.07, 6.45) is 2.27. The van der Waals surface area contributed by atoms with Gasteiger partial charge in [0, 0.05) is 29.9 Å². The summed E-state index contributed by atoms with van der Waals surface area (Å²) in [7, 11) is 0. The molecule has 2 atom stereocenters. The van der Waals surface area contributed by atoms with Crippen LogP contribution in [0.1, 0.15) is 29.2 Å². The van der Waals surface area contributed by atoms with Crippen LogP contribution in [0.2, 0.25) is 0 Å². The Balaban J connectivity index is 1.72. The van der Waals surface area contributed by atoms with Gasteiger partial charge in [-0.15, -0.1) is 0 Å². The first-order chi connectivity index (χ1) is 15.9. The maximum absolute atomic E-state index is 15.8. The van der Waals surface area contributed by atoms with E-state index in [0.29, 0.717) is 22.4 Å². The van der Waals surface area contributed by atoms with Crippen molar-refractivity contribution in [1.82, 2.24) is 4.98 Å². The molecule has 2 N–H and O–H groups in total. The Morgan fingerprint density at radius 3 is 2.67 bits per heavy atom. The summed E-state index contributed by atoms with van der Waals surface area (Å²) in [5.74, 6) is -3.03. The molecule has 0 amide bonds. The third kappa shape index (κ3) is 3.60. The Labute approximate surface area is 189 Å². The Morgan fingerprint density at radius 2 is 1.88 bits per heavy atom. The zero-order chi connectivity index (χ0) is 23.1. The van der Waals surface area contributed by atoms with Crippen LogP contribution in [-0.4, -0.2) is 30.0 Å². The number of nitriles is 1. The molecule has 1 aromatic heterocycles. The second-order valence-corrected chi connectivity index (χ2v) is 8.17. The molecule has 0 aliphatic carbocycles. The van der Waals surface area contributed by atoms with Crippen molar-refractivity contribution >= 4 is 5.84 Å². The van der Waals surface area contributed by atoms with Crippen molar-refractivity contribution in [1.29, 1.82) is 5.26 Å². The number of aliphatic imine (C=N–C) groups is 1. The van der Waals surface area contributed by atoms with Gasteiger partial charge in [0.25, 0.3) is 5.92 Å². The van der Waals surface area contributed by atoms with Gasteiger partial charge in [-0.05, 0) is 29.3 Å². The van der Waals surface area contributed by atoms with Crippen LogP contribution >= 0.6 is 0 Å². The first-order valence-electron chi connectivity index (χ1n) is 10.4. The van der Waals surface area contributed by atoms with Gasteiger partial charge in [0.1, 0.15) is 37.0 Å². The summed E-state index contributed by atoms with van der Waals surface area (Å²) < 4.78 is 43.0. The van der Waals surface area contributed by atoms with Gasteiger partial charge in [-0.1, -0.05) is 36.4 Å². The van der Waals surface area contributed by atoms with Crippen LogP contribution in [0, 0.1) is 11.3 Å². The van der Waals surface area contributed by atoms with E-state index in [1.54, 1.807) is 30.5 Å². The number of rotatable bonds is 2. The molecule has 33 heavy (non-hydrogen) atoms. The number of pyridine rings is 1. The fourth-order valence-corrected chi connectivity index (χ4v) is 4.44. The molecule has 1 unspecified atom stereocenters. The lowest BCUT2D eigenvalue weighted by molar-refractivity contribution is -0.136. The van der Waals surface area contributed by atoms with Crippen LogP contribution in [0.4, 0.5) is 8.78 Å². The van der Waals surface area contributed by atoms with Crippen LogP contribution in [0.5, 0.6) is 5.75 Å². The molecule has 6 nitrogen and oxygen atoms in total. The number of fused-ring (bicyclic) bond motifs is 2. The van der Waals surface area contributed by atoms with Crippen molar-refractivity contribution in [3.63, 3.8) is 0 Å². The molecule has 3 aromatic rings.